The van der Waals surface area contributed by atoms with Crippen LogP contribution in [0.2, 0.25) is 0 Å². The van der Waals surface area contributed by atoms with Gasteiger partial charge in [-0.05, 0) is 36.5 Å². The van der Waals surface area contributed by atoms with Gasteiger partial charge in [0.05, 0.1) is 11.8 Å². The minimum absolute atomic E-state index is 0.250. The zero-order valence-corrected chi connectivity index (χ0v) is 16.7. The highest BCUT2D eigenvalue weighted by Gasteiger charge is 2.31. The smallest absolute Gasteiger partial charge is 0.372 e. The van der Waals surface area contributed by atoms with Crippen LogP contribution < -0.4 is 10.6 Å². The van der Waals surface area contributed by atoms with Gasteiger partial charge >= 0.3 is 6.18 Å². The predicted octanol–water partition coefficient (Wildman–Crippen LogP) is 3.54. The van der Waals surface area contributed by atoms with Crippen molar-refractivity contribution in [2.45, 2.75) is 32.9 Å². The molecule has 160 valence electrons. The molecular formula is C20H23F3N6O. The normalized spacial score (nSPS) is 16.1. The van der Waals surface area contributed by atoms with Crippen molar-refractivity contribution in [1.29, 1.82) is 0 Å². The van der Waals surface area contributed by atoms with E-state index in [1.807, 2.05) is 6.07 Å². The van der Waals surface area contributed by atoms with Gasteiger partial charge in [0, 0.05) is 25.5 Å². The van der Waals surface area contributed by atoms with Crippen molar-refractivity contribution in [2.24, 2.45) is 11.1 Å². The van der Waals surface area contributed by atoms with Crippen LogP contribution in [0.4, 0.5) is 19.0 Å². The van der Waals surface area contributed by atoms with Gasteiger partial charge in [-0.15, -0.1) is 0 Å². The Balaban J connectivity index is 0.000000806. The van der Waals surface area contributed by atoms with Crippen LogP contribution in [-0.2, 0) is 11.0 Å². The number of fused-ring (bicyclic) bond motifs is 1. The molecule has 0 radical (unpaired) electrons. The number of imidazole rings is 1. The minimum atomic E-state index is -4.42. The fourth-order valence-corrected chi connectivity index (χ4v) is 3.30. The predicted molar refractivity (Wildman–Crippen MR) is 107 cm³/mol. The fraction of sp³-hybridized carbons (Fsp3) is 0.400. The van der Waals surface area contributed by atoms with E-state index in [1.54, 1.807) is 6.20 Å². The van der Waals surface area contributed by atoms with Crippen LogP contribution in [0.15, 0.2) is 36.8 Å². The van der Waals surface area contributed by atoms with Crippen molar-refractivity contribution in [3.63, 3.8) is 0 Å². The molecule has 1 aliphatic heterocycles. The average molecular weight is 420 g/mol. The van der Waals surface area contributed by atoms with Crippen molar-refractivity contribution in [3.8, 4) is 11.5 Å². The second kappa shape index (κ2) is 8.29. The number of primary amides is 1. The second-order valence-corrected chi connectivity index (χ2v) is 7.81. The lowest BCUT2D eigenvalue weighted by Gasteiger charge is -2.37. The lowest BCUT2D eigenvalue weighted by Crippen LogP contribution is -2.37. The summed E-state index contributed by atoms with van der Waals surface area (Å²) >= 11 is 0. The maximum atomic E-state index is 13.1. The van der Waals surface area contributed by atoms with Gasteiger partial charge in [0.1, 0.15) is 17.2 Å². The first-order chi connectivity index (χ1) is 14.1. The van der Waals surface area contributed by atoms with Gasteiger partial charge in [0.2, 0.25) is 6.41 Å². The lowest BCUT2D eigenvalue weighted by atomic mass is 9.83. The third-order valence-corrected chi connectivity index (χ3v) is 5.14. The molecule has 0 bridgehead atoms. The molecule has 4 heterocycles. The van der Waals surface area contributed by atoms with Crippen LogP contribution in [-0.4, -0.2) is 38.9 Å². The van der Waals surface area contributed by atoms with Gasteiger partial charge in [0.15, 0.2) is 5.82 Å². The van der Waals surface area contributed by atoms with Gasteiger partial charge in [0.25, 0.3) is 0 Å². The van der Waals surface area contributed by atoms with Crippen LogP contribution in [0.1, 0.15) is 32.3 Å². The number of nitrogens with two attached hydrogens (primary N) is 1. The molecule has 30 heavy (non-hydrogen) atoms. The molecule has 0 saturated carbocycles. The van der Waals surface area contributed by atoms with E-state index >= 15 is 0 Å². The Morgan fingerprint density at radius 1 is 1.13 bits per heavy atom. The number of nitrogens with zero attached hydrogens (tertiary/aromatic N) is 5. The summed E-state index contributed by atoms with van der Waals surface area (Å²) in [5.41, 5.74) is 4.62. The number of halogens is 3. The van der Waals surface area contributed by atoms with E-state index in [4.69, 9.17) is 4.79 Å². The number of carbonyl (C=O) groups is 1. The molecule has 1 amide bonds. The zero-order chi connectivity index (χ0) is 21.9. The number of piperidine rings is 1. The first-order valence-corrected chi connectivity index (χ1v) is 9.43. The molecule has 10 heteroatoms. The summed E-state index contributed by atoms with van der Waals surface area (Å²) in [6.07, 6.45) is 2.16. The number of aromatic nitrogens is 4. The van der Waals surface area contributed by atoms with Gasteiger partial charge in [-0.25, -0.2) is 15.0 Å². The highest BCUT2D eigenvalue weighted by molar-refractivity contribution is 5.59. The summed E-state index contributed by atoms with van der Waals surface area (Å²) in [5, 5.41) is 0. The number of rotatable bonds is 2. The van der Waals surface area contributed by atoms with Gasteiger partial charge in [-0.3, -0.25) is 9.20 Å². The molecule has 3 aromatic heterocycles. The number of amides is 1. The molecule has 1 fully saturated rings. The van der Waals surface area contributed by atoms with E-state index in [0.29, 0.717) is 22.6 Å². The SMILES string of the molecule is CC1(C)CCN(c2ccnc(-c3cnc4ccc(C(F)(F)F)cn34)n2)CC1.NC=O. The Labute approximate surface area is 171 Å². The summed E-state index contributed by atoms with van der Waals surface area (Å²) in [6, 6.07) is 4.22. The fourth-order valence-electron chi connectivity index (χ4n) is 3.30. The third kappa shape index (κ3) is 4.69. The second-order valence-electron chi connectivity index (χ2n) is 7.81. The van der Waals surface area contributed by atoms with Crippen LogP contribution in [0, 0.1) is 5.41 Å². The first-order valence-electron chi connectivity index (χ1n) is 9.43. The standard InChI is InChI=1S/C19H20F3N5.CH3NO/c1-18(2)6-9-26(10-7-18)16-5-8-23-17(25-16)14-11-24-15-4-3-13(12-27(14)15)19(20,21)22;2-1-3/h3-5,8,11-12H,6-7,9-10H2,1-2H3;1H,(H2,2,3). The summed E-state index contributed by atoms with van der Waals surface area (Å²) in [7, 11) is 0. The van der Waals surface area contributed by atoms with Crippen molar-refractivity contribution >= 4 is 17.9 Å². The molecule has 0 aliphatic carbocycles. The van der Waals surface area contributed by atoms with Gasteiger partial charge in [-0.2, -0.15) is 13.2 Å². The zero-order valence-electron chi connectivity index (χ0n) is 16.7. The van der Waals surface area contributed by atoms with E-state index in [-0.39, 0.29) is 6.41 Å². The molecular weight excluding hydrogens is 397 g/mol. The van der Waals surface area contributed by atoms with Crippen molar-refractivity contribution in [1.82, 2.24) is 19.4 Å². The molecule has 0 unspecified atom stereocenters. The van der Waals surface area contributed by atoms with Crippen molar-refractivity contribution in [3.05, 3.63) is 42.4 Å². The monoisotopic (exact) mass is 420 g/mol. The van der Waals surface area contributed by atoms with Crippen molar-refractivity contribution in [2.75, 3.05) is 18.0 Å². The molecule has 0 atom stereocenters. The van der Waals surface area contributed by atoms with E-state index in [9.17, 15) is 13.2 Å². The number of hydrogen-bond acceptors (Lipinski definition) is 5. The molecule has 2 N–H and O–H groups in total. The summed E-state index contributed by atoms with van der Waals surface area (Å²) < 4.78 is 40.6. The van der Waals surface area contributed by atoms with Crippen LogP contribution in [0.5, 0.6) is 0 Å². The van der Waals surface area contributed by atoms with E-state index in [1.165, 1.54) is 16.7 Å². The largest absolute Gasteiger partial charge is 0.417 e. The van der Waals surface area contributed by atoms with Gasteiger partial charge in [-0.1, -0.05) is 13.8 Å². The Bertz CT molecular complexity index is 1020. The maximum Gasteiger partial charge on any atom is 0.417 e. The summed E-state index contributed by atoms with van der Waals surface area (Å²) in [6.45, 7) is 6.31. The van der Waals surface area contributed by atoms with Crippen LogP contribution >= 0.6 is 0 Å². The molecule has 0 aromatic carbocycles. The van der Waals surface area contributed by atoms with E-state index in [2.05, 4.69) is 39.4 Å². The number of hydrogen-bond donors (Lipinski definition) is 1. The summed E-state index contributed by atoms with van der Waals surface area (Å²) in [5.74, 6) is 1.15. The number of carbonyl (C=O) groups excluding carboxylic acids is 1. The first kappa shape index (κ1) is 21.5. The Kier molecular flexibility index (Phi) is 5.95. The number of pyridine rings is 1. The Hall–Kier alpha value is -3.17. The van der Waals surface area contributed by atoms with Gasteiger partial charge < -0.3 is 10.6 Å². The highest BCUT2D eigenvalue weighted by Crippen LogP contribution is 2.33. The summed E-state index contributed by atoms with van der Waals surface area (Å²) in [4.78, 5) is 23.8. The molecule has 1 aliphatic rings. The Morgan fingerprint density at radius 3 is 2.43 bits per heavy atom. The Morgan fingerprint density at radius 2 is 1.80 bits per heavy atom. The van der Waals surface area contributed by atoms with E-state index < -0.39 is 11.7 Å². The topological polar surface area (TPSA) is 89.4 Å². The average Bonchev–Trinajstić information content (AvgIpc) is 3.11. The van der Waals surface area contributed by atoms with E-state index in [0.717, 1.165) is 44.0 Å². The third-order valence-electron chi connectivity index (χ3n) is 5.14. The molecule has 0 spiro atoms. The molecule has 4 rings (SSSR count). The number of anilines is 1. The van der Waals surface area contributed by atoms with Crippen molar-refractivity contribution < 1.29 is 18.0 Å². The lowest BCUT2D eigenvalue weighted by molar-refractivity contribution is -0.137. The van der Waals surface area contributed by atoms with Crippen LogP contribution in [0.3, 0.4) is 0 Å². The molecule has 3 aromatic rings. The quantitative estimate of drug-likeness (QED) is 0.641. The maximum absolute atomic E-state index is 13.1. The van der Waals surface area contributed by atoms with Crippen LogP contribution in [0.25, 0.3) is 17.2 Å². The molecule has 1 saturated heterocycles. The number of alkyl halides is 3. The highest BCUT2D eigenvalue weighted by atomic mass is 19.4. The minimum Gasteiger partial charge on any atom is -0.372 e. The molecule has 7 nitrogen and oxygen atoms in total.